The average Bonchev–Trinajstić information content (AvgIpc) is 3.05. The van der Waals surface area contributed by atoms with E-state index in [9.17, 15) is 18.0 Å². The molecule has 0 spiro atoms. The van der Waals surface area contributed by atoms with Crippen molar-refractivity contribution in [2.75, 3.05) is 18.8 Å². The first kappa shape index (κ1) is 20.7. The van der Waals surface area contributed by atoms with E-state index >= 15 is 0 Å². The van der Waals surface area contributed by atoms with E-state index in [2.05, 4.69) is 26.8 Å². The Morgan fingerprint density at radius 3 is 2.56 bits per heavy atom. The van der Waals surface area contributed by atoms with Gasteiger partial charge >= 0.3 is 6.36 Å². The first-order valence-electron chi connectivity index (χ1n) is 7.89. The fourth-order valence-corrected chi connectivity index (χ4v) is 2.93. The SMILES string of the molecule is C=C(C)CN(CC)C(=O)CSc1nnnn1-c1ccc(OC(F)(F)F)cc1. The number of hydrogen-bond acceptors (Lipinski definition) is 6. The van der Waals surface area contributed by atoms with Gasteiger partial charge in [0.15, 0.2) is 0 Å². The highest BCUT2D eigenvalue weighted by molar-refractivity contribution is 7.99. The Morgan fingerprint density at radius 2 is 2.00 bits per heavy atom. The number of benzene rings is 1. The molecule has 7 nitrogen and oxygen atoms in total. The maximum absolute atomic E-state index is 12.3. The molecule has 2 rings (SSSR count). The molecule has 146 valence electrons. The van der Waals surface area contributed by atoms with Gasteiger partial charge in [0.1, 0.15) is 5.75 Å². The van der Waals surface area contributed by atoms with Crippen LogP contribution >= 0.6 is 11.8 Å². The highest BCUT2D eigenvalue weighted by Crippen LogP contribution is 2.25. The van der Waals surface area contributed by atoms with Gasteiger partial charge in [-0.25, -0.2) is 0 Å². The van der Waals surface area contributed by atoms with E-state index in [-0.39, 0.29) is 17.4 Å². The predicted molar refractivity (Wildman–Crippen MR) is 93.6 cm³/mol. The second-order valence-corrected chi connectivity index (χ2v) is 6.51. The Labute approximate surface area is 158 Å². The zero-order valence-corrected chi connectivity index (χ0v) is 15.5. The number of aromatic nitrogens is 4. The zero-order valence-electron chi connectivity index (χ0n) is 14.7. The lowest BCUT2D eigenvalue weighted by molar-refractivity contribution is -0.274. The Kier molecular flexibility index (Phi) is 6.83. The molecule has 1 amide bonds. The molecule has 1 aromatic heterocycles. The molecule has 1 heterocycles. The van der Waals surface area contributed by atoms with Gasteiger partial charge < -0.3 is 9.64 Å². The van der Waals surface area contributed by atoms with Crippen LogP contribution < -0.4 is 4.74 Å². The molecule has 0 saturated heterocycles. The van der Waals surface area contributed by atoms with Crippen LogP contribution in [-0.4, -0.2) is 56.2 Å². The predicted octanol–water partition coefficient (Wildman–Crippen LogP) is 3.08. The first-order valence-corrected chi connectivity index (χ1v) is 8.87. The molecule has 0 N–H and O–H groups in total. The smallest absolute Gasteiger partial charge is 0.406 e. The van der Waals surface area contributed by atoms with E-state index in [1.54, 1.807) is 4.90 Å². The van der Waals surface area contributed by atoms with Crippen molar-refractivity contribution in [1.29, 1.82) is 0 Å². The van der Waals surface area contributed by atoms with Gasteiger partial charge in [0.25, 0.3) is 0 Å². The summed E-state index contributed by atoms with van der Waals surface area (Å²) in [5.74, 6) is -0.312. The third kappa shape index (κ3) is 6.27. The molecule has 1 aromatic carbocycles. The molecule has 0 aliphatic carbocycles. The van der Waals surface area contributed by atoms with Crippen LogP contribution in [0, 0.1) is 0 Å². The van der Waals surface area contributed by atoms with Crippen molar-refractivity contribution in [3.8, 4) is 11.4 Å². The summed E-state index contributed by atoms with van der Waals surface area (Å²) in [6.07, 6.45) is -4.76. The van der Waals surface area contributed by atoms with Crippen LogP contribution in [0.3, 0.4) is 0 Å². The summed E-state index contributed by atoms with van der Waals surface area (Å²) < 4.78 is 41.8. The van der Waals surface area contributed by atoms with E-state index in [4.69, 9.17) is 0 Å². The molecule has 0 unspecified atom stereocenters. The minimum absolute atomic E-state index is 0.0889. The van der Waals surface area contributed by atoms with Gasteiger partial charge in [-0.2, -0.15) is 4.68 Å². The number of hydrogen-bond donors (Lipinski definition) is 0. The molecule has 0 radical (unpaired) electrons. The number of ether oxygens (including phenoxy) is 1. The number of carbonyl (C=O) groups excluding carboxylic acids is 1. The van der Waals surface area contributed by atoms with Crippen LogP contribution in [0.15, 0.2) is 41.6 Å². The molecule has 0 fully saturated rings. The average molecular weight is 401 g/mol. The van der Waals surface area contributed by atoms with Crippen LogP contribution in [-0.2, 0) is 4.79 Å². The molecular weight excluding hydrogens is 383 g/mol. The number of amides is 1. The standard InChI is InChI=1S/C16H18F3N5O2S/c1-4-23(9-11(2)3)14(25)10-27-15-20-21-22-24(15)12-5-7-13(8-6-12)26-16(17,18)19/h5-8H,2,4,9-10H2,1,3H3. The third-order valence-electron chi connectivity index (χ3n) is 3.28. The van der Waals surface area contributed by atoms with Gasteiger partial charge in [-0.1, -0.05) is 23.9 Å². The fourth-order valence-electron chi connectivity index (χ4n) is 2.14. The fraction of sp³-hybridized carbons (Fsp3) is 0.375. The maximum atomic E-state index is 12.3. The quantitative estimate of drug-likeness (QED) is 0.500. The van der Waals surface area contributed by atoms with Crippen LogP contribution in [0.1, 0.15) is 13.8 Å². The number of tetrazole rings is 1. The largest absolute Gasteiger partial charge is 0.573 e. The van der Waals surface area contributed by atoms with Crippen LogP contribution in [0.25, 0.3) is 5.69 Å². The van der Waals surface area contributed by atoms with Crippen molar-refractivity contribution in [3.63, 3.8) is 0 Å². The zero-order chi connectivity index (χ0) is 20.0. The third-order valence-corrected chi connectivity index (χ3v) is 4.18. The number of nitrogens with zero attached hydrogens (tertiary/aromatic N) is 5. The van der Waals surface area contributed by atoms with Crippen molar-refractivity contribution in [3.05, 3.63) is 36.4 Å². The number of halogens is 3. The molecule has 0 bridgehead atoms. The van der Waals surface area contributed by atoms with Gasteiger partial charge in [0.05, 0.1) is 11.4 Å². The van der Waals surface area contributed by atoms with Crippen molar-refractivity contribution in [1.82, 2.24) is 25.1 Å². The second kappa shape index (κ2) is 8.89. The molecule has 27 heavy (non-hydrogen) atoms. The summed E-state index contributed by atoms with van der Waals surface area (Å²) >= 11 is 1.14. The van der Waals surface area contributed by atoms with Crippen LogP contribution in [0.2, 0.25) is 0 Å². The summed E-state index contributed by atoms with van der Waals surface area (Å²) in [7, 11) is 0. The lowest BCUT2D eigenvalue weighted by Crippen LogP contribution is -2.33. The lowest BCUT2D eigenvalue weighted by atomic mass is 10.3. The van der Waals surface area contributed by atoms with Crippen molar-refractivity contribution in [2.24, 2.45) is 0 Å². The molecule has 0 aliphatic rings. The minimum atomic E-state index is -4.76. The summed E-state index contributed by atoms with van der Waals surface area (Å²) in [6, 6.07) is 5.11. The normalized spacial score (nSPS) is 11.3. The van der Waals surface area contributed by atoms with Gasteiger partial charge in [-0.3, -0.25) is 4.79 Å². The molecule has 0 atom stereocenters. The Bertz CT molecular complexity index is 792. The monoisotopic (exact) mass is 401 g/mol. The summed E-state index contributed by atoms with van der Waals surface area (Å²) in [5, 5.41) is 11.6. The summed E-state index contributed by atoms with van der Waals surface area (Å²) in [6.45, 7) is 8.55. The molecule has 0 aliphatic heterocycles. The van der Waals surface area contributed by atoms with Gasteiger partial charge in [0.2, 0.25) is 11.1 Å². The summed E-state index contributed by atoms with van der Waals surface area (Å²) in [4.78, 5) is 14.0. The molecule has 0 saturated carbocycles. The van der Waals surface area contributed by atoms with Crippen molar-refractivity contribution < 1.29 is 22.7 Å². The van der Waals surface area contributed by atoms with E-state index < -0.39 is 6.36 Å². The van der Waals surface area contributed by atoms with Gasteiger partial charge in [0, 0.05) is 13.1 Å². The molecule has 2 aromatic rings. The van der Waals surface area contributed by atoms with E-state index in [1.165, 1.54) is 16.8 Å². The molecule has 11 heteroatoms. The number of thioether (sulfide) groups is 1. The Balaban J connectivity index is 2.05. The number of likely N-dealkylation sites (N-methyl/N-ethyl adjacent to an activating group) is 1. The van der Waals surface area contributed by atoms with E-state index in [1.807, 2.05) is 13.8 Å². The van der Waals surface area contributed by atoms with Crippen molar-refractivity contribution >= 4 is 17.7 Å². The highest BCUT2D eigenvalue weighted by Gasteiger charge is 2.31. The maximum Gasteiger partial charge on any atom is 0.573 e. The van der Waals surface area contributed by atoms with E-state index in [0.717, 1.165) is 29.5 Å². The number of alkyl halides is 3. The second-order valence-electron chi connectivity index (χ2n) is 5.57. The summed E-state index contributed by atoms with van der Waals surface area (Å²) in [5.41, 5.74) is 1.32. The van der Waals surface area contributed by atoms with Crippen LogP contribution in [0.4, 0.5) is 13.2 Å². The van der Waals surface area contributed by atoms with Crippen LogP contribution in [0.5, 0.6) is 5.75 Å². The number of carbonyl (C=O) groups is 1. The Hall–Kier alpha value is -2.56. The van der Waals surface area contributed by atoms with Crippen molar-refractivity contribution in [2.45, 2.75) is 25.4 Å². The first-order chi connectivity index (χ1) is 12.7. The van der Waals surface area contributed by atoms with E-state index in [0.29, 0.717) is 23.9 Å². The number of rotatable bonds is 8. The Morgan fingerprint density at radius 1 is 1.33 bits per heavy atom. The topological polar surface area (TPSA) is 73.1 Å². The molecular formula is C16H18F3N5O2S. The lowest BCUT2D eigenvalue weighted by Gasteiger charge is -2.20. The highest BCUT2D eigenvalue weighted by atomic mass is 32.2. The van der Waals surface area contributed by atoms with Gasteiger partial charge in [-0.15, -0.1) is 18.3 Å². The minimum Gasteiger partial charge on any atom is -0.406 e. The van der Waals surface area contributed by atoms with Gasteiger partial charge in [-0.05, 0) is 48.5 Å².